The zero-order valence-corrected chi connectivity index (χ0v) is 10.7. The number of aromatic nitrogens is 1. The maximum Gasteiger partial charge on any atom is 0.166 e. The number of hydrogen-bond acceptors (Lipinski definition) is 4. The molecule has 0 saturated heterocycles. The van der Waals surface area contributed by atoms with Gasteiger partial charge in [-0.15, -0.1) is 0 Å². The van der Waals surface area contributed by atoms with E-state index in [4.69, 9.17) is 10.5 Å². The van der Waals surface area contributed by atoms with Gasteiger partial charge in [0.1, 0.15) is 0 Å². The number of methoxy groups -OCH3 is 1. The van der Waals surface area contributed by atoms with Gasteiger partial charge in [0.05, 0.1) is 6.61 Å². The Bertz CT molecular complexity index is 338. The molecule has 0 spiro atoms. The molecular weight excluding hydrogens is 277 g/mol. The molecule has 1 aromatic heterocycles. The second-order valence-corrected chi connectivity index (χ2v) is 4.14. The molecule has 90 valence electrons. The van der Waals surface area contributed by atoms with Crippen molar-refractivity contribution in [2.24, 2.45) is 5.73 Å². The first-order chi connectivity index (χ1) is 7.69. The topological polar surface area (TPSA) is 51.4 Å². The third kappa shape index (κ3) is 3.70. The number of rotatable bonds is 6. The van der Waals surface area contributed by atoms with Crippen LogP contribution in [0.3, 0.4) is 0 Å². The van der Waals surface area contributed by atoms with Crippen molar-refractivity contribution in [1.29, 1.82) is 0 Å². The van der Waals surface area contributed by atoms with Crippen LogP contribution in [0.15, 0.2) is 16.7 Å². The largest absolute Gasteiger partial charge is 0.383 e. The van der Waals surface area contributed by atoms with Crippen molar-refractivity contribution in [2.45, 2.75) is 0 Å². The Morgan fingerprint density at radius 1 is 1.56 bits per heavy atom. The van der Waals surface area contributed by atoms with E-state index >= 15 is 0 Å². The van der Waals surface area contributed by atoms with Crippen molar-refractivity contribution in [3.05, 3.63) is 22.6 Å². The summed E-state index contributed by atoms with van der Waals surface area (Å²) in [7, 11) is 1.60. The molecule has 0 amide bonds. The minimum absolute atomic E-state index is 0.311. The molecule has 0 unspecified atom stereocenters. The third-order valence-corrected chi connectivity index (χ3v) is 2.49. The Balaban J connectivity index is 2.82. The number of nitrogens with two attached hydrogens (primary N) is 1. The van der Waals surface area contributed by atoms with E-state index in [1.54, 1.807) is 18.2 Å². The van der Waals surface area contributed by atoms with E-state index in [1.807, 2.05) is 0 Å². The lowest BCUT2D eigenvalue weighted by Crippen LogP contribution is -2.33. The number of pyridine rings is 1. The molecule has 0 fully saturated rings. The molecule has 1 rings (SSSR count). The van der Waals surface area contributed by atoms with Crippen LogP contribution in [0, 0.1) is 5.82 Å². The lowest BCUT2D eigenvalue weighted by atomic mass is 10.4. The normalized spacial score (nSPS) is 10.5. The van der Waals surface area contributed by atoms with Crippen molar-refractivity contribution in [3.8, 4) is 0 Å². The van der Waals surface area contributed by atoms with Gasteiger partial charge >= 0.3 is 0 Å². The monoisotopic (exact) mass is 291 g/mol. The third-order valence-electron chi connectivity index (χ3n) is 2.05. The van der Waals surface area contributed by atoms with Crippen molar-refractivity contribution < 1.29 is 9.13 Å². The summed E-state index contributed by atoms with van der Waals surface area (Å²) < 4.78 is 19.2. The fraction of sp³-hybridized carbons (Fsp3) is 0.500. The summed E-state index contributed by atoms with van der Waals surface area (Å²) >= 11 is 3.17. The van der Waals surface area contributed by atoms with Crippen LogP contribution in [0.5, 0.6) is 0 Å². The van der Waals surface area contributed by atoms with Crippen LogP contribution < -0.4 is 10.6 Å². The molecule has 4 nitrogen and oxygen atoms in total. The van der Waals surface area contributed by atoms with Crippen molar-refractivity contribution >= 4 is 21.7 Å². The van der Waals surface area contributed by atoms with Gasteiger partial charge in [0.25, 0.3) is 0 Å². The quantitative estimate of drug-likeness (QED) is 0.861. The van der Waals surface area contributed by atoms with Crippen molar-refractivity contribution in [1.82, 2.24) is 4.98 Å². The number of anilines is 1. The van der Waals surface area contributed by atoms with Gasteiger partial charge in [-0.3, -0.25) is 0 Å². The Labute approximate surface area is 103 Å². The number of halogens is 2. The van der Waals surface area contributed by atoms with Crippen LogP contribution in [0.2, 0.25) is 0 Å². The summed E-state index contributed by atoms with van der Waals surface area (Å²) in [4.78, 5) is 5.81. The molecule has 0 radical (unpaired) electrons. The summed E-state index contributed by atoms with van der Waals surface area (Å²) in [6.07, 6.45) is 1.56. The van der Waals surface area contributed by atoms with Crippen LogP contribution in [0.1, 0.15) is 0 Å². The van der Waals surface area contributed by atoms with Gasteiger partial charge in [-0.25, -0.2) is 9.37 Å². The second kappa shape index (κ2) is 6.78. The molecule has 0 atom stereocenters. The van der Waals surface area contributed by atoms with E-state index in [2.05, 4.69) is 20.9 Å². The van der Waals surface area contributed by atoms with Crippen LogP contribution in [0.4, 0.5) is 10.2 Å². The van der Waals surface area contributed by atoms with E-state index < -0.39 is 0 Å². The van der Waals surface area contributed by atoms with Crippen LogP contribution in [0.25, 0.3) is 0 Å². The first-order valence-electron chi connectivity index (χ1n) is 4.94. The Kier molecular flexibility index (Phi) is 5.65. The highest BCUT2D eigenvalue weighted by atomic mass is 79.9. The maximum absolute atomic E-state index is 13.6. The zero-order valence-electron chi connectivity index (χ0n) is 9.12. The molecule has 0 aliphatic rings. The van der Waals surface area contributed by atoms with E-state index in [-0.39, 0.29) is 5.82 Å². The summed E-state index contributed by atoms with van der Waals surface area (Å²) in [6.45, 7) is 2.08. The zero-order chi connectivity index (χ0) is 12.0. The van der Waals surface area contributed by atoms with Crippen LogP contribution >= 0.6 is 15.9 Å². The molecule has 1 aromatic rings. The fourth-order valence-corrected chi connectivity index (χ4v) is 1.62. The summed E-state index contributed by atoms with van der Waals surface area (Å²) in [5.41, 5.74) is 5.48. The van der Waals surface area contributed by atoms with E-state index in [0.29, 0.717) is 36.5 Å². The minimum atomic E-state index is -0.362. The van der Waals surface area contributed by atoms with Gasteiger partial charge in [0, 0.05) is 37.4 Å². The number of hydrogen-bond donors (Lipinski definition) is 1. The maximum atomic E-state index is 13.6. The molecule has 16 heavy (non-hydrogen) atoms. The summed E-state index contributed by atoms with van der Waals surface area (Å²) in [5, 5.41) is 0. The number of ether oxygens (including phenoxy) is 1. The summed E-state index contributed by atoms with van der Waals surface area (Å²) in [5.74, 6) is -0.0513. The molecule has 0 aromatic carbocycles. The SMILES string of the molecule is COCCN(CCN)c1ncc(Br)cc1F. The first kappa shape index (κ1) is 13.3. The molecular formula is C10H15BrFN3O. The average molecular weight is 292 g/mol. The van der Waals surface area contributed by atoms with Crippen LogP contribution in [-0.4, -0.2) is 38.3 Å². The van der Waals surface area contributed by atoms with E-state index in [1.165, 1.54) is 6.07 Å². The predicted octanol–water partition coefficient (Wildman–Crippen LogP) is 1.39. The second-order valence-electron chi connectivity index (χ2n) is 3.23. The minimum Gasteiger partial charge on any atom is -0.383 e. The van der Waals surface area contributed by atoms with Gasteiger partial charge in [-0.2, -0.15) is 0 Å². The first-order valence-corrected chi connectivity index (χ1v) is 5.73. The highest BCUT2D eigenvalue weighted by molar-refractivity contribution is 9.10. The Hall–Kier alpha value is -0.720. The van der Waals surface area contributed by atoms with Crippen LogP contribution in [-0.2, 0) is 4.74 Å². The Morgan fingerprint density at radius 3 is 2.88 bits per heavy atom. The van der Waals surface area contributed by atoms with Gasteiger partial charge in [-0.1, -0.05) is 0 Å². The van der Waals surface area contributed by atoms with Gasteiger partial charge in [0.2, 0.25) is 0 Å². The van der Waals surface area contributed by atoms with Crippen molar-refractivity contribution in [3.63, 3.8) is 0 Å². The van der Waals surface area contributed by atoms with Gasteiger partial charge < -0.3 is 15.4 Å². The molecule has 0 aliphatic heterocycles. The van der Waals surface area contributed by atoms with Crippen molar-refractivity contribution in [2.75, 3.05) is 38.3 Å². The lowest BCUT2D eigenvalue weighted by Gasteiger charge is -2.22. The lowest BCUT2D eigenvalue weighted by molar-refractivity contribution is 0.205. The number of nitrogens with zero attached hydrogens (tertiary/aromatic N) is 2. The molecule has 2 N–H and O–H groups in total. The Morgan fingerprint density at radius 2 is 2.31 bits per heavy atom. The van der Waals surface area contributed by atoms with Gasteiger partial charge in [0.15, 0.2) is 11.6 Å². The molecule has 0 bridgehead atoms. The van der Waals surface area contributed by atoms with E-state index in [0.717, 1.165) is 0 Å². The molecule has 1 heterocycles. The highest BCUT2D eigenvalue weighted by Gasteiger charge is 2.12. The smallest absolute Gasteiger partial charge is 0.166 e. The molecule has 0 saturated carbocycles. The predicted molar refractivity (Wildman–Crippen MR) is 65.0 cm³/mol. The summed E-state index contributed by atoms with van der Waals surface area (Å²) in [6, 6.07) is 1.39. The van der Waals surface area contributed by atoms with Gasteiger partial charge in [-0.05, 0) is 22.0 Å². The average Bonchev–Trinajstić information content (AvgIpc) is 2.25. The van der Waals surface area contributed by atoms with E-state index in [9.17, 15) is 4.39 Å². The highest BCUT2D eigenvalue weighted by Crippen LogP contribution is 2.19. The standard InChI is InChI=1S/C10H15BrFN3O/c1-16-5-4-15(3-2-13)10-9(12)6-8(11)7-14-10/h6-7H,2-5,13H2,1H3. The fourth-order valence-electron chi connectivity index (χ4n) is 1.32. The molecule has 0 aliphatic carbocycles. The molecule has 6 heteroatoms.